The van der Waals surface area contributed by atoms with E-state index in [1.807, 2.05) is 13.8 Å². The highest BCUT2D eigenvalue weighted by Crippen LogP contribution is 2.04. The average molecular weight is 260 g/mol. The standard InChI is InChI=1S/C11H20N2O5/c1-6(2)5-7(12)10(16)13-8(11(17)18)3-4-9(14)15/h6-8H,3-5,12H2,1-2H3,(H,13,16)(H,14,15)(H,17,18)/t7-,8?/m1/s1. The van der Waals surface area contributed by atoms with Crippen LogP contribution in [0.5, 0.6) is 0 Å². The van der Waals surface area contributed by atoms with Crippen molar-refractivity contribution >= 4 is 17.8 Å². The summed E-state index contributed by atoms with van der Waals surface area (Å²) in [6, 6.07) is -2.00. The van der Waals surface area contributed by atoms with Gasteiger partial charge in [-0.3, -0.25) is 9.59 Å². The van der Waals surface area contributed by atoms with Crippen molar-refractivity contribution in [3.63, 3.8) is 0 Å². The highest BCUT2D eigenvalue weighted by molar-refractivity contribution is 5.87. The summed E-state index contributed by atoms with van der Waals surface area (Å²) in [5, 5.41) is 19.6. The lowest BCUT2D eigenvalue weighted by molar-refractivity contribution is -0.143. The number of rotatable bonds is 8. The van der Waals surface area contributed by atoms with Crippen molar-refractivity contribution in [2.75, 3.05) is 0 Å². The van der Waals surface area contributed by atoms with E-state index in [0.717, 1.165) is 0 Å². The number of amides is 1. The average Bonchev–Trinajstić information content (AvgIpc) is 2.21. The Morgan fingerprint density at radius 1 is 1.22 bits per heavy atom. The molecule has 0 heterocycles. The number of nitrogens with one attached hydrogen (secondary N) is 1. The Balaban J connectivity index is 4.35. The molecule has 0 aromatic heterocycles. The molecule has 2 atom stereocenters. The van der Waals surface area contributed by atoms with Gasteiger partial charge in [-0.15, -0.1) is 0 Å². The van der Waals surface area contributed by atoms with Gasteiger partial charge in [-0.1, -0.05) is 13.8 Å². The fourth-order valence-electron chi connectivity index (χ4n) is 1.42. The van der Waals surface area contributed by atoms with Crippen molar-refractivity contribution in [3.05, 3.63) is 0 Å². The molecular weight excluding hydrogens is 240 g/mol. The van der Waals surface area contributed by atoms with Gasteiger partial charge >= 0.3 is 11.9 Å². The molecule has 104 valence electrons. The minimum atomic E-state index is -1.26. The van der Waals surface area contributed by atoms with E-state index in [2.05, 4.69) is 5.32 Å². The Bertz CT molecular complexity index is 317. The SMILES string of the molecule is CC(C)C[C@@H](N)C(=O)NC(CCC(=O)O)C(=O)O. The first-order valence-corrected chi connectivity index (χ1v) is 5.74. The van der Waals surface area contributed by atoms with E-state index >= 15 is 0 Å². The first kappa shape index (κ1) is 16.4. The lowest BCUT2D eigenvalue weighted by Crippen LogP contribution is -2.48. The molecule has 7 nitrogen and oxygen atoms in total. The van der Waals surface area contributed by atoms with Gasteiger partial charge in [-0.05, 0) is 18.8 Å². The van der Waals surface area contributed by atoms with Crippen LogP contribution >= 0.6 is 0 Å². The molecule has 0 spiro atoms. The molecule has 0 aliphatic carbocycles. The lowest BCUT2D eigenvalue weighted by Gasteiger charge is -2.18. The van der Waals surface area contributed by atoms with Crippen LogP contribution in [0, 0.1) is 5.92 Å². The highest BCUT2D eigenvalue weighted by atomic mass is 16.4. The van der Waals surface area contributed by atoms with Crippen molar-refractivity contribution in [1.29, 1.82) is 0 Å². The molecular formula is C11H20N2O5. The monoisotopic (exact) mass is 260 g/mol. The topological polar surface area (TPSA) is 130 Å². The summed E-state index contributed by atoms with van der Waals surface area (Å²) in [6.45, 7) is 3.79. The smallest absolute Gasteiger partial charge is 0.326 e. The quantitative estimate of drug-likeness (QED) is 0.478. The van der Waals surface area contributed by atoms with Crippen LogP contribution in [0.2, 0.25) is 0 Å². The summed E-state index contributed by atoms with van der Waals surface area (Å²) in [4.78, 5) is 32.8. The second-order valence-electron chi connectivity index (χ2n) is 4.57. The molecule has 0 saturated heterocycles. The van der Waals surface area contributed by atoms with Crippen LogP contribution in [-0.4, -0.2) is 40.1 Å². The maximum atomic E-state index is 11.6. The molecule has 0 aliphatic rings. The summed E-state index contributed by atoms with van der Waals surface area (Å²) in [5.41, 5.74) is 5.60. The molecule has 5 N–H and O–H groups in total. The second kappa shape index (κ2) is 7.65. The van der Waals surface area contributed by atoms with E-state index in [4.69, 9.17) is 15.9 Å². The van der Waals surface area contributed by atoms with Crippen LogP contribution in [0.15, 0.2) is 0 Å². The summed E-state index contributed by atoms with van der Waals surface area (Å²) in [5.74, 6) is -2.72. The van der Waals surface area contributed by atoms with Crippen LogP contribution in [-0.2, 0) is 14.4 Å². The van der Waals surface area contributed by atoms with Crippen molar-refractivity contribution in [2.24, 2.45) is 11.7 Å². The number of hydrogen-bond donors (Lipinski definition) is 4. The third-order valence-electron chi connectivity index (χ3n) is 2.32. The number of carbonyl (C=O) groups is 3. The number of aliphatic carboxylic acids is 2. The molecule has 1 unspecified atom stereocenters. The molecule has 0 saturated carbocycles. The maximum absolute atomic E-state index is 11.6. The van der Waals surface area contributed by atoms with Crippen LogP contribution in [0.1, 0.15) is 33.1 Å². The van der Waals surface area contributed by atoms with Crippen molar-refractivity contribution < 1.29 is 24.6 Å². The number of carbonyl (C=O) groups excluding carboxylic acids is 1. The first-order valence-electron chi connectivity index (χ1n) is 5.74. The Hall–Kier alpha value is -1.63. The van der Waals surface area contributed by atoms with Crippen LogP contribution in [0.4, 0.5) is 0 Å². The Morgan fingerprint density at radius 3 is 2.17 bits per heavy atom. The summed E-state index contributed by atoms with van der Waals surface area (Å²) < 4.78 is 0. The highest BCUT2D eigenvalue weighted by Gasteiger charge is 2.24. The predicted octanol–water partition coefficient (Wildman–Crippen LogP) is -0.206. The van der Waals surface area contributed by atoms with Crippen molar-refractivity contribution in [1.82, 2.24) is 5.32 Å². The fourth-order valence-corrected chi connectivity index (χ4v) is 1.42. The van der Waals surface area contributed by atoms with Gasteiger partial charge in [0.05, 0.1) is 6.04 Å². The third kappa shape index (κ3) is 6.85. The number of carboxylic acid groups (broad SMARTS) is 2. The van der Waals surface area contributed by atoms with E-state index in [0.29, 0.717) is 6.42 Å². The Morgan fingerprint density at radius 2 is 1.78 bits per heavy atom. The zero-order valence-electron chi connectivity index (χ0n) is 10.5. The van der Waals surface area contributed by atoms with E-state index < -0.39 is 29.9 Å². The summed E-state index contributed by atoms with van der Waals surface area (Å²) in [7, 11) is 0. The molecule has 0 fully saturated rings. The molecule has 0 aromatic rings. The van der Waals surface area contributed by atoms with Gasteiger partial charge in [0.25, 0.3) is 0 Å². The molecule has 0 aliphatic heterocycles. The molecule has 18 heavy (non-hydrogen) atoms. The first-order chi connectivity index (χ1) is 8.23. The van der Waals surface area contributed by atoms with Gasteiger partial charge in [0.15, 0.2) is 0 Å². The largest absolute Gasteiger partial charge is 0.481 e. The van der Waals surface area contributed by atoms with Crippen LogP contribution in [0.25, 0.3) is 0 Å². The molecule has 0 aromatic carbocycles. The molecule has 0 radical (unpaired) electrons. The zero-order chi connectivity index (χ0) is 14.3. The van der Waals surface area contributed by atoms with Gasteiger partial charge in [-0.25, -0.2) is 4.79 Å². The fraction of sp³-hybridized carbons (Fsp3) is 0.727. The molecule has 0 rings (SSSR count). The minimum Gasteiger partial charge on any atom is -0.481 e. The van der Waals surface area contributed by atoms with Gasteiger partial charge < -0.3 is 21.3 Å². The Kier molecular flexibility index (Phi) is 6.96. The number of nitrogens with two attached hydrogens (primary N) is 1. The van der Waals surface area contributed by atoms with Gasteiger partial charge in [0.1, 0.15) is 6.04 Å². The van der Waals surface area contributed by atoms with Crippen molar-refractivity contribution in [2.45, 2.75) is 45.2 Å². The zero-order valence-corrected chi connectivity index (χ0v) is 10.5. The van der Waals surface area contributed by atoms with E-state index in [1.54, 1.807) is 0 Å². The van der Waals surface area contributed by atoms with Gasteiger partial charge in [0, 0.05) is 6.42 Å². The summed E-state index contributed by atoms with van der Waals surface area (Å²) >= 11 is 0. The van der Waals surface area contributed by atoms with Gasteiger partial charge in [0.2, 0.25) is 5.91 Å². The van der Waals surface area contributed by atoms with Crippen LogP contribution in [0.3, 0.4) is 0 Å². The normalized spacial score (nSPS) is 14.0. The molecule has 0 bridgehead atoms. The Labute approximate surface area is 105 Å². The molecule has 7 heteroatoms. The van der Waals surface area contributed by atoms with E-state index in [9.17, 15) is 14.4 Å². The second-order valence-corrected chi connectivity index (χ2v) is 4.57. The van der Waals surface area contributed by atoms with E-state index in [-0.39, 0.29) is 18.8 Å². The van der Waals surface area contributed by atoms with E-state index in [1.165, 1.54) is 0 Å². The van der Waals surface area contributed by atoms with Gasteiger partial charge in [-0.2, -0.15) is 0 Å². The number of hydrogen-bond acceptors (Lipinski definition) is 4. The lowest BCUT2D eigenvalue weighted by atomic mass is 10.0. The number of carboxylic acids is 2. The summed E-state index contributed by atoms with van der Waals surface area (Å²) in [6.07, 6.45) is -0.0431. The predicted molar refractivity (Wildman–Crippen MR) is 63.9 cm³/mol. The van der Waals surface area contributed by atoms with Crippen LogP contribution < -0.4 is 11.1 Å². The molecule has 1 amide bonds. The minimum absolute atomic E-state index is 0.162. The maximum Gasteiger partial charge on any atom is 0.326 e. The third-order valence-corrected chi connectivity index (χ3v) is 2.32. The van der Waals surface area contributed by atoms with Crippen molar-refractivity contribution in [3.8, 4) is 0 Å².